The molecule has 0 spiro atoms. The average Bonchev–Trinajstić information content (AvgIpc) is 3.38. The minimum atomic E-state index is -0.531. The van der Waals surface area contributed by atoms with E-state index in [1.54, 1.807) is 16.5 Å². The van der Waals surface area contributed by atoms with Gasteiger partial charge in [-0.2, -0.15) is 5.10 Å². The molecule has 0 aliphatic heterocycles. The number of nitrogens with zero attached hydrogens (tertiary/aromatic N) is 3. The van der Waals surface area contributed by atoms with E-state index in [1.807, 2.05) is 50.4 Å². The molecule has 1 aromatic carbocycles. The lowest BCUT2D eigenvalue weighted by atomic mass is 10.1. The van der Waals surface area contributed by atoms with Crippen LogP contribution in [-0.2, 0) is 11.3 Å². The maximum atomic E-state index is 12.9. The zero-order chi connectivity index (χ0) is 24.8. The normalized spacial score (nSPS) is 10.6. The van der Waals surface area contributed by atoms with Gasteiger partial charge in [-0.25, -0.2) is 4.79 Å². The van der Waals surface area contributed by atoms with Crippen molar-refractivity contribution in [2.75, 3.05) is 30.8 Å². The Morgan fingerprint density at radius 1 is 1.18 bits per heavy atom. The number of thiophene rings is 1. The van der Waals surface area contributed by atoms with E-state index in [9.17, 15) is 9.59 Å². The molecule has 0 radical (unpaired) electrons. The molecule has 3 rings (SSSR count). The van der Waals surface area contributed by atoms with Gasteiger partial charge < -0.3 is 20.3 Å². The van der Waals surface area contributed by atoms with E-state index in [-0.39, 0.29) is 11.0 Å². The number of amides is 1. The predicted octanol–water partition coefficient (Wildman–Crippen LogP) is 5.14. The Balaban J connectivity index is 1.75. The van der Waals surface area contributed by atoms with Crippen LogP contribution in [-0.4, -0.2) is 51.9 Å². The fourth-order valence-corrected chi connectivity index (χ4v) is 5.05. The van der Waals surface area contributed by atoms with Gasteiger partial charge in [0.2, 0.25) is 0 Å². The van der Waals surface area contributed by atoms with Crippen molar-refractivity contribution in [3.05, 3.63) is 62.6 Å². The van der Waals surface area contributed by atoms with Gasteiger partial charge in [-0.1, -0.05) is 28.1 Å². The Labute approximate surface area is 216 Å². The monoisotopic (exact) mass is 563 g/mol. The number of benzene rings is 1. The molecule has 3 aromatic rings. The highest BCUT2D eigenvalue weighted by atomic mass is 79.9. The third-order valence-corrected chi connectivity index (χ3v) is 7.08. The molecule has 2 N–H and O–H groups in total. The maximum Gasteiger partial charge on any atom is 0.341 e. The van der Waals surface area contributed by atoms with Crippen molar-refractivity contribution in [3.8, 4) is 0 Å². The molecule has 1 amide bonds. The molecular weight excluding hydrogens is 538 g/mol. The number of rotatable bonds is 8. The van der Waals surface area contributed by atoms with E-state index in [0.29, 0.717) is 46.5 Å². The first-order chi connectivity index (χ1) is 16.3. The second-order valence-corrected chi connectivity index (χ2v) is 9.68. The van der Waals surface area contributed by atoms with Crippen LogP contribution in [0, 0.1) is 6.92 Å². The Morgan fingerprint density at radius 2 is 1.85 bits per heavy atom. The fourth-order valence-electron chi connectivity index (χ4n) is 3.35. The van der Waals surface area contributed by atoms with E-state index in [0.717, 1.165) is 10.0 Å². The Bertz CT molecular complexity index is 1190. The van der Waals surface area contributed by atoms with Crippen molar-refractivity contribution >= 4 is 67.3 Å². The molecule has 0 aliphatic carbocycles. The standard InChI is InChI=1S/C23H26BrN5O3S2/c1-5-28(6-2)21(30)19-14(3)18(22(31)32-4)20(34-19)26-23(33)25-17-11-12-29(27-17)13-15-7-9-16(24)10-8-15/h7-12H,5-6,13H2,1-4H3,(H2,25,26,27,33). The van der Waals surface area contributed by atoms with Gasteiger partial charge in [0.15, 0.2) is 10.9 Å². The number of anilines is 2. The first-order valence-electron chi connectivity index (χ1n) is 10.6. The minimum absolute atomic E-state index is 0.128. The number of aromatic nitrogens is 2. The van der Waals surface area contributed by atoms with E-state index in [2.05, 4.69) is 31.7 Å². The Morgan fingerprint density at radius 3 is 2.47 bits per heavy atom. The molecule has 11 heteroatoms. The number of thiocarbonyl (C=S) groups is 1. The van der Waals surface area contributed by atoms with Crippen LogP contribution in [0.1, 0.15) is 45.0 Å². The summed E-state index contributed by atoms with van der Waals surface area (Å²) in [6.07, 6.45) is 1.85. The average molecular weight is 565 g/mol. The first kappa shape index (κ1) is 25.9. The molecule has 0 saturated carbocycles. The van der Waals surface area contributed by atoms with Crippen molar-refractivity contribution in [2.24, 2.45) is 0 Å². The van der Waals surface area contributed by atoms with Gasteiger partial charge in [-0.15, -0.1) is 11.3 Å². The van der Waals surface area contributed by atoms with E-state index < -0.39 is 5.97 Å². The summed E-state index contributed by atoms with van der Waals surface area (Å²) in [4.78, 5) is 27.6. The van der Waals surface area contributed by atoms with Gasteiger partial charge in [0.1, 0.15) is 5.00 Å². The van der Waals surface area contributed by atoms with Crippen molar-refractivity contribution in [1.29, 1.82) is 0 Å². The number of hydrogen-bond donors (Lipinski definition) is 2. The zero-order valence-electron chi connectivity index (χ0n) is 19.3. The lowest BCUT2D eigenvalue weighted by Crippen LogP contribution is -2.30. The third kappa shape index (κ3) is 6.02. The molecule has 0 bridgehead atoms. The van der Waals surface area contributed by atoms with Crippen LogP contribution in [0.3, 0.4) is 0 Å². The fraction of sp³-hybridized carbons (Fsp3) is 0.304. The van der Waals surface area contributed by atoms with Crippen molar-refractivity contribution in [2.45, 2.75) is 27.3 Å². The number of halogens is 1. The molecule has 0 unspecified atom stereocenters. The molecule has 34 heavy (non-hydrogen) atoms. The van der Waals surface area contributed by atoms with Crippen LogP contribution in [0.2, 0.25) is 0 Å². The van der Waals surface area contributed by atoms with Crippen molar-refractivity contribution < 1.29 is 14.3 Å². The summed E-state index contributed by atoms with van der Waals surface area (Å²) in [5, 5.41) is 11.3. The van der Waals surface area contributed by atoms with Gasteiger partial charge in [-0.3, -0.25) is 9.48 Å². The molecule has 2 aromatic heterocycles. The number of carbonyl (C=O) groups is 2. The SMILES string of the molecule is CCN(CC)C(=O)c1sc(NC(=S)Nc2ccn(Cc3ccc(Br)cc3)n2)c(C(=O)OC)c1C. The third-order valence-electron chi connectivity index (χ3n) is 5.15. The largest absolute Gasteiger partial charge is 0.465 e. The number of nitrogens with one attached hydrogen (secondary N) is 2. The number of methoxy groups -OCH3 is 1. The van der Waals surface area contributed by atoms with Crippen LogP contribution in [0.25, 0.3) is 0 Å². The molecule has 2 heterocycles. The number of ether oxygens (including phenoxy) is 1. The molecule has 0 fully saturated rings. The van der Waals surface area contributed by atoms with Crippen LogP contribution >= 0.6 is 39.5 Å². The van der Waals surface area contributed by atoms with Crippen LogP contribution in [0.4, 0.5) is 10.8 Å². The van der Waals surface area contributed by atoms with Crippen LogP contribution < -0.4 is 10.6 Å². The number of carbonyl (C=O) groups excluding carboxylic acids is 2. The zero-order valence-corrected chi connectivity index (χ0v) is 22.6. The molecular formula is C23H26BrN5O3S2. The lowest BCUT2D eigenvalue weighted by molar-refractivity contribution is 0.0601. The summed E-state index contributed by atoms with van der Waals surface area (Å²) in [7, 11) is 1.31. The van der Waals surface area contributed by atoms with Gasteiger partial charge >= 0.3 is 5.97 Å². The smallest absolute Gasteiger partial charge is 0.341 e. The van der Waals surface area contributed by atoms with Gasteiger partial charge in [0, 0.05) is 29.8 Å². The summed E-state index contributed by atoms with van der Waals surface area (Å²) in [6.45, 7) is 7.34. The summed E-state index contributed by atoms with van der Waals surface area (Å²) < 4.78 is 7.77. The number of hydrogen-bond acceptors (Lipinski definition) is 6. The second-order valence-electron chi connectivity index (χ2n) is 7.33. The Hall–Kier alpha value is -2.76. The van der Waals surface area contributed by atoms with E-state index >= 15 is 0 Å². The molecule has 0 atom stereocenters. The highest BCUT2D eigenvalue weighted by Crippen LogP contribution is 2.34. The van der Waals surface area contributed by atoms with Gasteiger partial charge in [-0.05, 0) is 56.2 Å². The predicted molar refractivity (Wildman–Crippen MR) is 143 cm³/mol. The van der Waals surface area contributed by atoms with Crippen LogP contribution in [0.15, 0.2) is 41.0 Å². The van der Waals surface area contributed by atoms with E-state index in [1.165, 1.54) is 18.4 Å². The van der Waals surface area contributed by atoms with E-state index in [4.69, 9.17) is 17.0 Å². The lowest BCUT2D eigenvalue weighted by Gasteiger charge is -2.17. The van der Waals surface area contributed by atoms with Crippen molar-refractivity contribution in [3.63, 3.8) is 0 Å². The summed E-state index contributed by atoms with van der Waals surface area (Å²) in [5.74, 6) is -0.102. The van der Waals surface area contributed by atoms with Crippen molar-refractivity contribution in [1.82, 2.24) is 14.7 Å². The van der Waals surface area contributed by atoms with Gasteiger partial charge in [0.05, 0.1) is 24.1 Å². The maximum absolute atomic E-state index is 12.9. The Kier molecular flexibility index (Phi) is 8.81. The first-order valence-corrected chi connectivity index (χ1v) is 12.7. The summed E-state index contributed by atoms with van der Waals surface area (Å²) >= 11 is 10.1. The highest BCUT2D eigenvalue weighted by molar-refractivity contribution is 9.10. The number of esters is 1. The van der Waals surface area contributed by atoms with Crippen LogP contribution in [0.5, 0.6) is 0 Å². The quantitative estimate of drug-likeness (QED) is 0.289. The topological polar surface area (TPSA) is 88.5 Å². The molecule has 180 valence electrons. The molecule has 0 aliphatic rings. The van der Waals surface area contributed by atoms with Gasteiger partial charge in [0.25, 0.3) is 5.91 Å². The minimum Gasteiger partial charge on any atom is -0.465 e. The molecule has 8 nitrogen and oxygen atoms in total. The second kappa shape index (κ2) is 11.6. The summed E-state index contributed by atoms with van der Waals surface area (Å²) in [5.41, 5.74) is 1.98. The molecule has 0 saturated heterocycles. The highest BCUT2D eigenvalue weighted by Gasteiger charge is 2.27. The summed E-state index contributed by atoms with van der Waals surface area (Å²) in [6, 6.07) is 9.82.